The Morgan fingerprint density at radius 3 is 2.76 bits per heavy atom. The predicted molar refractivity (Wildman–Crippen MR) is 60.6 cm³/mol. The Labute approximate surface area is 96.9 Å². The van der Waals surface area contributed by atoms with Crippen molar-refractivity contribution in [1.82, 2.24) is 5.32 Å². The number of benzene rings is 1. The van der Waals surface area contributed by atoms with E-state index in [1.165, 1.54) is 6.08 Å². The summed E-state index contributed by atoms with van der Waals surface area (Å²) in [5, 5.41) is 13.5. The highest BCUT2D eigenvalue weighted by Crippen LogP contribution is 2.17. The number of rotatable bonds is 4. The second-order valence-electron chi connectivity index (χ2n) is 3.12. The van der Waals surface area contributed by atoms with E-state index in [0.717, 1.165) is 18.2 Å². The molecule has 0 bridgehead atoms. The van der Waals surface area contributed by atoms with Crippen LogP contribution in [0, 0.1) is 5.82 Å². The molecule has 0 saturated carbocycles. The fraction of sp³-hybridized carbons (Fsp3) is 0.0909. The Morgan fingerprint density at radius 1 is 1.47 bits per heavy atom. The summed E-state index contributed by atoms with van der Waals surface area (Å²) in [7, 11) is 0. The fourth-order valence-electron chi connectivity index (χ4n) is 1.14. The molecule has 0 aliphatic heterocycles. The molecule has 0 aliphatic carbocycles. The third-order valence-electron chi connectivity index (χ3n) is 1.87. The van der Waals surface area contributed by atoms with Gasteiger partial charge in [-0.1, -0.05) is 6.08 Å². The molecule has 0 heterocycles. The number of hydrogen-bond acceptors (Lipinski definition) is 2. The summed E-state index contributed by atoms with van der Waals surface area (Å²) >= 11 is 0. The van der Waals surface area contributed by atoms with Crippen molar-refractivity contribution in [1.29, 1.82) is 0 Å². The minimum Gasteiger partial charge on any atom is -0.478 e. The van der Waals surface area contributed by atoms with Crippen LogP contribution in [-0.2, 0) is 0 Å². The Morgan fingerprint density at radius 2 is 2.18 bits per heavy atom. The first-order valence-corrected chi connectivity index (χ1v) is 4.73. The SMILES string of the molecule is C=CCNC(=O)Nc1cc(F)ccc1C(=O)O. The second-order valence-corrected chi connectivity index (χ2v) is 3.12. The number of amides is 2. The van der Waals surface area contributed by atoms with E-state index >= 15 is 0 Å². The lowest BCUT2D eigenvalue weighted by molar-refractivity contribution is 0.0698. The molecular formula is C11H11FN2O3. The minimum absolute atomic E-state index is 0.0981. The van der Waals surface area contributed by atoms with Crippen molar-refractivity contribution in [2.24, 2.45) is 0 Å². The van der Waals surface area contributed by atoms with Gasteiger partial charge in [-0.3, -0.25) is 0 Å². The third kappa shape index (κ3) is 3.60. The summed E-state index contributed by atoms with van der Waals surface area (Å²) in [5.41, 5.74) is -0.279. The van der Waals surface area contributed by atoms with Gasteiger partial charge in [0.2, 0.25) is 0 Å². The van der Waals surface area contributed by atoms with Gasteiger partial charge in [-0.15, -0.1) is 6.58 Å². The monoisotopic (exact) mass is 238 g/mol. The lowest BCUT2D eigenvalue weighted by Gasteiger charge is -2.08. The lowest BCUT2D eigenvalue weighted by atomic mass is 10.2. The smallest absolute Gasteiger partial charge is 0.337 e. The Balaban J connectivity index is 2.88. The number of hydrogen-bond donors (Lipinski definition) is 3. The summed E-state index contributed by atoms with van der Waals surface area (Å²) < 4.78 is 12.9. The van der Waals surface area contributed by atoms with E-state index in [9.17, 15) is 14.0 Å². The van der Waals surface area contributed by atoms with E-state index in [0.29, 0.717) is 0 Å². The maximum absolute atomic E-state index is 12.9. The largest absolute Gasteiger partial charge is 0.478 e. The first-order chi connectivity index (χ1) is 8.04. The summed E-state index contributed by atoms with van der Waals surface area (Å²) in [5.74, 6) is -1.88. The van der Waals surface area contributed by atoms with Crippen LogP contribution in [0.4, 0.5) is 14.9 Å². The van der Waals surface area contributed by atoms with E-state index in [-0.39, 0.29) is 17.8 Å². The lowest BCUT2D eigenvalue weighted by Crippen LogP contribution is -2.29. The molecule has 6 heteroatoms. The van der Waals surface area contributed by atoms with E-state index in [1.54, 1.807) is 0 Å². The standard InChI is InChI=1S/C11H11FN2O3/c1-2-5-13-11(17)14-9-6-7(12)3-4-8(9)10(15)16/h2-4,6H,1,5H2,(H,15,16)(H2,13,14,17). The minimum atomic E-state index is -1.25. The number of carbonyl (C=O) groups is 2. The summed E-state index contributed by atoms with van der Waals surface area (Å²) in [4.78, 5) is 22.1. The van der Waals surface area contributed by atoms with Gasteiger partial charge in [-0.2, -0.15) is 0 Å². The molecular weight excluding hydrogens is 227 g/mol. The van der Waals surface area contributed by atoms with Crippen molar-refractivity contribution in [3.8, 4) is 0 Å². The number of urea groups is 1. The van der Waals surface area contributed by atoms with Crippen LogP contribution in [-0.4, -0.2) is 23.7 Å². The van der Waals surface area contributed by atoms with Crippen LogP contribution in [0.3, 0.4) is 0 Å². The Hall–Kier alpha value is -2.37. The van der Waals surface area contributed by atoms with E-state index in [4.69, 9.17) is 5.11 Å². The molecule has 0 atom stereocenters. The number of carboxylic acid groups (broad SMARTS) is 1. The maximum atomic E-state index is 12.9. The molecule has 5 nitrogen and oxygen atoms in total. The molecule has 90 valence electrons. The van der Waals surface area contributed by atoms with Gasteiger partial charge >= 0.3 is 12.0 Å². The number of aromatic carboxylic acids is 1. The first-order valence-electron chi connectivity index (χ1n) is 4.73. The van der Waals surface area contributed by atoms with Gasteiger partial charge in [-0.25, -0.2) is 14.0 Å². The van der Waals surface area contributed by atoms with Crippen molar-refractivity contribution < 1.29 is 19.1 Å². The van der Waals surface area contributed by atoms with Crippen LogP contribution in [0.5, 0.6) is 0 Å². The number of anilines is 1. The van der Waals surface area contributed by atoms with E-state index < -0.39 is 17.8 Å². The van der Waals surface area contributed by atoms with Crippen molar-refractivity contribution in [3.05, 3.63) is 42.2 Å². The molecule has 0 unspecified atom stereocenters. The molecule has 1 rings (SSSR count). The molecule has 0 aliphatic rings. The van der Waals surface area contributed by atoms with Crippen LogP contribution in [0.25, 0.3) is 0 Å². The highest BCUT2D eigenvalue weighted by atomic mass is 19.1. The third-order valence-corrected chi connectivity index (χ3v) is 1.87. The molecule has 0 saturated heterocycles. The van der Waals surface area contributed by atoms with Gasteiger partial charge in [0.15, 0.2) is 0 Å². The normalized spacial score (nSPS) is 9.47. The first kappa shape index (κ1) is 12.7. The molecule has 0 fully saturated rings. The van der Waals surface area contributed by atoms with E-state index in [2.05, 4.69) is 17.2 Å². The Kier molecular flexibility index (Phi) is 4.21. The summed E-state index contributed by atoms with van der Waals surface area (Å²) in [6.45, 7) is 3.63. The van der Waals surface area contributed by atoms with Gasteiger partial charge in [-0.05, 0) is 18.2 Å². The maximum Gasteiger partial charge on any atom is 0.337 e. The van der Waals surface area contributed by atoms with Crippen molar-refractivity contribution in [2.75, 3.05) is 11.9 Å². The zero-order chi connectivity index (χ0) is 12.8. The second kappa shape index (κ2) is 5.64. The van der Waals surface area contributed by atoms with Crippen LogP contribution in [0.15, 0.2) is 30.9 Å². The highest BCUT2D eigenvalue weighted by molar-refractivity contribution is 5.99. The zero-order valence-electron chi connectivity index (χ0n) is 8.87. The number of carboxylic acids is 1. The van der Waals surface area contributed by atoms with E-state index in [1.807, 2.05) is 0 Å². The molecule has 2 amide bonds. The summed E-state index contributed by atoms with van der Waals surface area (Å²) in [6.07, 6.45) is 1.46. The van der Waals surface area contributed by atoms with Crippen molar-refractivity contribution >= 4 is 17.7 Å². The number of nitrogens with one attached hydrogen (secondary N) is 2. The molecule has 0 aromatic heterocycles. The van der Waals surface area contributed by atoms with Gasteiger partial charge in [0.05, 0.1) is 11.3 Å². The van der Waals surface area contributed by atoms with Crippen LogP contribution in [0.1, 0.15) is 10.4 Å². The van der Waals surface area contributed by atoms with Crippen LogP contribution in [0.2, 0.25) is 0 Å². The molecule has 0 spiro atoms. The quantitative estimate of drug-likeness (QED) is 0.700. The molecule has 17 heavy (non-hydrogen) atoms. The molecule has 1 aromatic carbocycles. The van der Waals surface area contributed by atoms with Gasteiger partial charge in [0.25, 0.3) is 0 Å². The molecule has 1 aromatic rings. The van der Waals surface area contributed by atoms with Crippen LogP contribution >= 0.6 is 0 Å². The number of halogens is 1. The molecule has 3 N–H and O–H groups in total. The van der Waals surface area contributed by atoms with Crippen molar-refractivity contribution in [2.45, 2.75) is 0 Å². The molecule has 0 radical (unpaired) electrons. The average molecular weight is 238 g/mol. The average Bonchev–Trinajstić information content (AvgIpc) is 2.26. The predicted octanol–water partition coefficient (Wildman–Crippen LogP) is 1.83. The van der Waals surface area contributed by atoms with Gasteiger partial charge in [0.1, 0.15) is 5.82 Å². The van der Waals surface area contributed by atoms with Gasteiger partial charge in [0, 0.05) is 6.54 Å². The topological polar surface area (TPSA) is 78.4 Å². The van der Waals surface area contributed by atoms with Gasteiger partial charge < -0.3 is 15.7 Å². The highest BCUT2D eigenvalue weighted by Gasteiger charge is 2.12. The van der Waals surface area contributed by atoms with Crippen molar-refractivity contribution in [3.63, 3.8) is 0 Å². The zero-order valence-corrected chi connectivity index (χ0v) is 8.87. The van der Waals surface area contributed by atoms with Crippen LogP contribution < -0.4 is 10.6 Å². The fourth-order valence-corrected chi connectivity index (χ4v) is 1.14. The number of carbonyl (C=O) groups excluding carboxylic acids is 1. The Bertz CT molecular complexity index is 460. The summed E-state index contributed by atoms with van der Waals surface area (Å²) in [6, 6.07) is 2.41.